The lowest BCUT2D eigenvalue weighted by atomic mass is 9.79. The summed E-state index contributed by atoms with van der Waals surface area (Å²) in [6, 6.07) is 7.75. The van der Waals surface area contributed by atoms with Gasteiger partial charge in [-0.2, -0.15) is 0 Å². The minimum absolute atomic E-state index is 0.0423. The van der Waals surface area contributed by atoms with Gasteiger partial charge in [0.25, 0.3) is 0 Å². The van der Waals surface area contributed by atoms with Gasteiger partial charge in [-0.3, -0.25) is 4.79 Å². The van der Waals surface area contributed by atoms with Crippen molar-refractivity contribution >= 4 is 29.5 Å². The molecule has 1 aromatic heterocycles. The molecule has 22 heavy (non-hydrogen) atoms. The SMILES string of the molecule is CC1(C)OB(c2ccc3c(ccn3CC(=O)O)c2)OC1(C)C. The largest absolute Gasteiger partial charge is 0.494 e. The molecule has 1 aliphatic rings. The highest BCUT2D eigenvalue weighted by atomic mass is 16.7. The summed E-state index contributed by atoms with van der Waals surface area (Å²) in [5, 5.41) is 9.91. The van der Waals surface area contributed by atoms with Gasteiger partial charge < -0.3 is 19.0 Å². The van der Waals surface area contributed by atoms with Gasteiger partial charge in [0, 0.05) is 11.7 Å². The van der Waals surface area contributed by atoms with Gasteiger partial charge in [-0.25, -0.2) is 0 Å². The monoisotopic (exact) mass is 301 g/mol. The van der Waals surface area contributed by atoms with Crippen LogP contribution in [0.4, 0.5) is 0 Å². The molecule has 1 N–H and O–H groups in total. The van der Waals surface area contributed by atoms with E-state index in [-0.39, 0.29) is 17.7 Å². The third-order valence-electron chi connectivity index (χ3n) is 4.63. The second kappa shape index (κ2) is 4.86. The van der Waals surface area contributed by atoms with Crippen molar-refractivity contribution in [2.45, 2.75) is 45.4 Å². The fourth-order valence-electron chi connectivity index (χ4n) is 2.63. The van der Waals surface area contributed by atoms with Gasteiger partial charge in [-0.1, -0.05) is 12.1 Å². The second-order valence-electron chi connectivity index (χ2n) is 6.74. The first-order chi connectivity index (χ1) is 10.2. The highest BCUT2D eigenvalue weighted by molar-refractivity contribution is 6.62. The zero-order valence-electron chi connectivity index (χ0n) is 13.3. The van der Waals surface area contributed by atoms with Crippen molar-refractivity contribution in [3.63, 3.8) is 0 Å². The van der Waals surface area contributed by atoms with Crippen LogP contribution < -0.4 is 5.46 Å². The summed E-state index contributed by atoms with van der Waals surface area (Å²) in [7, 11) is -0.405. The molecule has 0 saturated carbocycles. The number of hydrogen-bond acceptors (Lipinski definition) is 3. The zero-order valence-corrected chi connectivity index (χ0v) is 13.3. The maximum atomic E-state index is 10.9. The van der Waals surface area contributed by atoms with Gasteiger partial charge in [-0.05, 0) is 50.7 Å². The average Bonchev–Trinajstić information content (AvgIpc) is 2.88. The third-order valence-corrected chi connectivity index (χ3v) is 4.63. The first kappa shape index (κ1) is 15.1. The Morgan fingerprint density at radius 1 is 1.18 bits per heavy atom. The van der Waals surface area contributed by atoms with Crippen LogP contribution in [0.5, 0.6) is 0 Å². The zero-order chi connectivity index (χ0) is 16.1. The number of carboxylic acids is 1. The Kier molecular flexibility index (Phi) is 3.34. The van der Waals surface area contributed by atoms with Crippen LogP contribution in [-0.4, -0.2) is 34.0 Å². The van der Waals surface area contributed by atoms with Gasteiger partial charge in [0.1, 0.15) is 6.54 Å². The van der Waals surface area contributed by atoms with Crippen LogP contribution in [0.3, 0.4) is 0 Å². The molecule has 2 aromatic rings. The van der Waals surface area contributed by atoms with E-state index < -0.39 is 13.1 Å². The van der Waals surface area contributed by atoms with E-state index >= 15 is 0 Å². The minimum Gasteiger partial charge on any atom is -0.480 e. The fraction of sp³-hybridized carbons (Fsp3) is 0.438. The van der Waals surface area contributed by atoms with Crippen LogP contribution in [-0.2, 0) is 20.6 Å². The molecule has 0 spiro atoms. The number of aliphatic carboxylic acids is 1. The molecule has 0 unspecified atom stereocenters. The van der Waals surface area contributed by atoms with E-state index in [9.17, 15) is 4.79 Å². The number of carboxylic acid groups (broad SMARTS) is 1. The van der Waals surface area contributed by atoms with E-state index in [1.165, 1.54) is 0 Å². The number of benzene rings is 1. The summed E-state index contributed by atoms with van der Waals surface area (Å²) in [6.45, 7) is 8.05. The summed E-state index contributed by atoms with van der Waals surface area (Å²) in [4.78, 5) is 10.9. The topological polar surface area (TPSA) is 60.7 Å². The van der Waals surface area contributed by atoms with Crippen molar-refractivity contribution in [1.82, 2.24) is 4.57 Å². The lowest BCUT2D eigenvalue weighted by molar-refractivity contribution is -0.137. The van der Waals surface area contributed by atoms with Gasteiger partial charge in [-0.15, -0.1) is 0 Å². The molecule has 3 rings (SSSR count). The minimum atomic E-state index is -0.854. The van der Waals surface area contributed by atoms with Crippen molar-refractivity contribution in [2.24, 2.45) is 0 Å². The number of hydrogen-bond donors (Lipinski definition) is 1. The van der Waals surface area contributed by atoms with E-state index in [0.717, 1.165) is 16.4 Å². The molecule has 0 bridgehead atoms. The van der Waals surface area contributed by atoms with Gasteiger partial charge in [0.05, 0.1) is 11.2 Å². The molecule has 6 heteroatoms. The third kappa shape index (κ3) is 2.42. The predicted molar refractivity (Wildman–Crippen MR) is 85.3 cm³/mol. The smallest absolute Gasteiger partial charge is 0.480 e. The van der Waals surface area contributed by atoms with E-state index in [1.54, 1.807) is 10.8 Å². The Bertz CT molecular complexity index is 719. The summed E-state index contributed by atoms with van der Waals surface area (Å²) in [6.07, 6.45) is 1.78. The summed E-state index contributed by atoms with van der Waals surface area (Å²) in [5.41, 5.74) is 1.09. The normalized spacial score (nSPS) is 19.7. The Morgan fingerprint density at radius 2 is 1.82 bits per heavy atom. The Hall–Kier alpha value is -1.79. The lowest BCUT2D eigenvalue weighted by Gasteiger charge is -2.32. The highest BCUT2D eigenvalue weighted by Crippen LogP contribution is 2.36. The molecule has 2 heterocycles. The fourth-order valence-corrected chi connectivity index (χ4v) is 2.63. The summed E-state index contributed by atoms with van der Waals surface area (Å²) in [5.74, 6) is -0.854. The molecule has 1 aromatic carbocycles. The Balaban J connectivity index is 1.92. The van der Waals surface area contributed by atoms with E-state index in [2.05, 4.69) is 0 Å². The van der Waals surface area contributed by atoms with Crippen LogP contribution in [0, 0.1) is 0 Å². The van der Waals surface area contributed by atoms with Crippen LogP contribution in [0.15, 0.2) is 30.5 Å². The maximum Gasteiger partial charge on any atom is 0.494 e. The van der Waals surface area contributed by atoms with Gasteiger partial charge in [0.15, 0.2) is 0 Å². The number of nitrogens with zero attached hydrogens (tertiary/aromatic N) is 1. The van der Waals surface area contributed by atoms with Crippen molar-refractivity contribution in [3.8, 4) is 0 Å². The van der Waals surface area contributed by atoms with Crippen LogP contribution >= 0.6 is 0 Å². The lowest BCUT2D eigenvalue weighted by Crippen LogP contribution is -2.41. The maximum absolute atomic E-state index is 10.9. The number of rotatable bonds is 3. The Morgan fingerprint density at radius 3 is 2.41 bits per heavy atom. The molecule has 1 fully saturated rings. The summed E-state index contributed by atoms with van der Waals surface area (Å²) >= 11 is 0. The number of carbonyl (C=O) groups is 1. The van der Waals surface area contributed by atoms with E-state index in [1.807, 2.05) is 52.0 Å². The van der Waals surface area contributed by atoms with Crippen LogP contribution in [0.2, 0.25) is 0 Å². The first-order valence-electron chi connectivity index (χ1n) is 7.36. The molecule has 5 nitrogen and oxygen atoms in total. The molecular formula is C16H20BNO4. The van der Waals surface area contributed by atoms with Crippen molar-refractivity contribution in [3.05, 3.63) is 30.5 Å². The van der Waals surface area contributed by atoms with Crippen molar-refractivity contribution in [1.29, 1.82) is 0 Å². The molecule has 1 saturated heterocycles. The molecule has 0 amide bonds. The van der Waals surface area contributed by atoms with Gasteiger partial charge >= 0.3 is 13.1 Å². The first-order valence-corrected chi connectivity index (χ1v) is 7.36. The molecule has 0 radical (unpaired) electrons. The van der Waals surface area contributed by atoms with Gasteiger partial charge in [0.2, 0.25) is 0 Å². The molecule has 1 aliphatic heterocycles. The molecule has 116 valence electrons. The molecular weight excluding hydrogens is 281 g/mol. The second-order valence-corrected chi connectivity index (χ2v) is 6.74. The average molecular weight is 301 g/mol. The quantitative estimate of drug-likeness (QED) is 0.881. The standard InChI is InChI=1S/C16H20BNO4/c1-15(2)16(3,4)22-17(21-15)12-5-6-13-11(9-12)7-8-18(13)10-14(19)20/h5-9H,10H2,1-4H3,(H,19,20). The van der Waals surface area contributed by atoms with Crippen LogP contribution in [0.1, 0.15) is 27.7 Å². The van der Waals surface area contributed by atoms with E-state index in [0.29, 0.717) is 0 Å². The number of fused-ring (bicyclic) bond motifs is 1. The predicted octanol–water partition coefficient (Wildman–Crippen LogP) is 2.03. The summed E-state index contributed by atoms with van der Waals surface area (Å²) < 4.78 is 13.8. The van der Waals surface area contributed by atoms with E-state index in [4.69, 9.17) is 14.4 Å². The molecule has 0 aliphatic carbocycles. The van der Waals surface area contributed by atoms with Crippen LogP contribution in [0.25, 0.3) is 10.9 Å². The van der Waals surface area contributed by atoms with Crippen molar-refractivity contribution in [2.75, 3.05) is 0 Å². The molecule has 0 atom stereocenters. The Labute approximate surface area is 130 Å². The highest BCUT2D eigenvalue weighted by Gasteiger charge is 2.51. The van der Waals surface area contributed by atoms with Crippen molar-refractivity contribution < 1.29 is 19.2 Å². The number of aromatic nitrogens is 1.